The summed E-state index contributed by atoms with van der Waals surface area (Å²) >= 11 is 5.81. The van der Waals surface area contributed by atoms with Gasteiger partial charge in [-0.2, -0.15) is 0 Å². The van der Waals surface area contributed by atoms with Crippen LogP contribution in [0.3, 0.4) is 0 Å². The van der Waals surface area contributed by atoms with Crippen molar-refractivity contribution in [3.63, 3.8) is 0 Å². The average molecular weight is 230 g/mol. The van der Waals surface area contributed by atoms with E-state index in [4.69, 9.17) is 16.3 Å². The number of carbonyl (C=O) groups excluding carboxylic acids is 1. The highest BCUT2D eigenvalue weighted by atomic mass is 35.5. The van der Waals surface area contributed by atoms with E-state index >= 15 is 0 Å². The standard InChI is InChI=1S/C10H12ClNO3/c1-2-15-10(14)5-9(13)7-3-4-12-6-8(7)11/h3-4,6,9,13H,2,5H2,1H3. The minimum Gasteiger partial charge on any atom is -0.466 e. The van der Waals surface area contributed by atoms with Crippen LogP contribution in [0.2, 0.25) is 5.02 Å². The molecule has 1 N–H and O–H groups in total. The Balaban J connectivity index is 2.65. The van der Waals surface area contributed by atoms with E-state index in [1.54, 1.807) is 13.0 Å². The van der Waals surface area contributed by atoms with E-state index < -0.39 is 12.1 Å². The van der Waals surface area contributed by atoms with E-state index in [1.807, 2.05) is 0 Å². The molecule has 0 spiro atoms. The lowest BCUT2D eigenvalue weighted by Crippen LogP contribution is -2.10. The van der Waals surface area contributed by atoms with Crippen LogP contribution in [-0.4, -0.2) is 22.7 Å². The average Bonchev–Trinajstić information content (AvgIpc) is 2.18. The molecule has 1 unspecified atom stereocenters. The van der Waals surface area contributed by atoms with Gasteiger partial charge in [0.15, 0.2) is 0 Å². The second-order valence-electron chi connectivity index (χ2n) is 2.92. The number of pyridine rings is 1. The molecule has 1 heterocycles. The van der Waals surface area contributed by atoms with Crippen molar-refractivity contribution in [2.45, 2.75) is 19.4 Å². The SMILES string of the molecule is CCOC(=O)CC(O)c1ccncc1Cl. The molecule has 0 amide bonds. The van der Waals surface area contributed by atoms with Crippen LogP contribution >= 0.6 is 11.6 Å². The molecule has 5 heteroatoms. The van der Waals surface area contributed by atoms with Crippen LogP contribution in [0, 0.1) is 0 Å². The number of esters is 1. The van der Waals surface area contributed by atoms with Crippen LogP contribution in [0.4, 0.5) is 0 Å². The van der Waals surface area contributed by atoms with Crippen LogP contribution in [0.25, 0.3) is 0 Å². The highest BCUT2D eigenvalue weighted by molar-refractivity contribution is 6.31. The number of halogens is 1. The van der Waals surface area contributed by atoms with E-state index in [-0.39, 0.29) is 6.42 Å². The first kappa shape index (κ1) is 11.9. The summed E-state index contributed by atoms with van der Waals surface area (Å²) in [6.45, 7) is 2.01. The smallest absolute Gasteiger partial charge is 0.308 e. The molecule has 15 heavy (non-hydrogen) atoms. The number of aromatic nitrogens is 1. The van der Waals surface area contributed by atoms with Gasteiger partial charge in [0.25, 0.3) is 0 Å². The maximum Gasteiger partial charge on any atom is 0.308 e. The summed E-state index contributed by atoms with van der Waals surface area (Å²) in [7, 11) is 0. The number of ether oxygens (including phenoxy) is 1. The van der Waals surface area contributed by atoms with Crippen LogP contribution in [-0.2, 0) is 9.53 Å². The molecule has 0 saturated carbocycles. The zero-order chi connectivity index (χ0) is 11.3. The molecule has 1 aromatic rings. The van der Waals surface area contributed by atoms with Gasteiger partial charge in [-0.15, -0.1) is 0 Å². The largest absolute Gasteiger partial charge is 0.466 e. The van der Waals surface area contributed by atoms with Crippen molar-refractivity contribution in [2.24, 2.45) is 0 Å². The first-order chi connectivity index (χ1) is 7.15. The molecule has 0 bridgehead atoms. The summed E-state index contributed by atoms with van der Waals surface area (Å²) < 4.78 is 4.72. The van der Waals surface area contributed by atoms with Gasteiger partial charge >= 0.3 is 5.97 Å². The minimum atomic E-state index is -0.945. The molecule has 0 aliphatic carbocycles. The predicted octanol–water partition coefficient (Wildman–Crippen LogP) is 1.72. The second kappa shape index (κ2) is 5.68. The third kappa shape index (κ3) is 3.49. The van der Waals surface area contributed by atoms with Crippen molar-refractivity contribution in [1.29, 1.82) is 0 Å². The highest BCUT2D eigenvalue weighted by Gasteiger charge is 2.16. The number of aliphatic hydroxyl groups excluding tert-OH is 1. The Morgan fingerprint density at radius 3 is 3.07 bits per heavy atom. The number of hydrogen-bond acceptors (Lipinski definition) is 4. The van der Waals surface area contributed by atoms with E-state index in [0.717, 1.165) is 0 Å². The molecular weight excluding hydrogens is 218 g/mol. The first-order valence-electron chi connectivity index (χ1n) is 4.58. The summed E-state index contributed by atoms with van der Waals surface area (Å²) in [6.07, 6.45) is 1.89. The summed E-state index contributed by atoms with van der Waals surface area (Å²) in [4.78, 5) is 14.9. The Hall–Kier alpha value is -1.13. The Labute approximate surface area is 92.8 Å². The van der Waals surface area contributed by atoms with Gasteiger partial charge < -0.3 is 9.84 Å². The maximum absolute atomic E-state index is 11.1. The summed E-state index contributed by atoms with van der Waals surface area (Å²) in [5.41, 5.74) is 0.486. The number of nitrogens with zero attached hydrogens (tertiary/aromatic N) is 1. The fraction of sp³-hybridized carbons (Fsp3) is 0.400. The van der Waals surface area contributed by atoms with Gasteiger partial charge in [0.2, 0.25) is 0 Å². The predicted molar refractivity (Wildman–Crippen MR) is 55.5 cm³/mol. The highest BCUT2D eigenvalue weighted by Crippen LogP contribution is 2.24. The van der Waals surface area contributed by atoms with Crippen molar-refractivity contribution < 1.29 is 14.6 Å². The lowest BCUT2D eigenvalue weighted by Gasteiger charge is -2.11. The van der Waals surface area contributed by atoms with Crippen LogP contribution in [0.15, 0.2) is 18.5 Å². The number of aliphatic hydroxyl groups is 1. The van der Waals surface area contributed by atoms with E-state index in [1.165, 1.54) is 12.4 Å². The van der Waals surface area contributed by atoms with E-state index in [2.05, 4.69) is 4.98 Å². The van der Waals surface area contributed by atoms with Crippen LogP contribution in [0.1, 0.15) is 25.0 Å². The fourth-order valence-electron chi connectivity index (χ4n) is 1.14. The quantitative estimate of drug-likeness (QED) is 0.799. The molecule has 0 fully saturated rings. The van der Waals surface area contributed by atoms with Crippen molar-refractivity contribution >= 4 is 17.6 Å². The van der Waals surface area contributed by atoms with Crippen molar-refractivity contribution in [1.82, 2.24) is 4.98 Å². The zero-order valence-corrected chi connectivity index (χ0v) is 9.07. The molecule has 82 valence electrons. The molecule has 0 radical (unpaired) electrons. The molecule has 0 aliphatic heterocycles. The monoisotopic (exact) mass is 229 g/mol. The molecule has 0 saturated heterocycles. The second-order valence-corrected chi connectivity index (χ2v) is 3.33. The Kier molecular flexibility index (Phi) is 4.52. The molecule has 4 nitrogen and oxygen atoms in total. The zero-order valence-electron chi connectivity index (χ0n) is 8.31. The molecule has 0 aromatic carbocycles. The lowest BCUT2D eigenvalue weighted by molar-refractivity contribution is -0.145. The van der Waals surface area contributed by atoms with Crippen molar-refractivity contribution in [3.05, 3.63) is 29.0 Å². The van der Waals surface area contributed by atoms with Crippen LogP contribution < -0.4 is 0 Å². The third-order valence-corrected chi connectivity index (χ3v) is 2.14. The normalized spacial score (nSPS) is 12.2. The minimum absolute atomic E-state index is 0.0996. The van der Waals surface area contributed by atoms with Gasteiger partial charge in [0.1, 0.15) is 0 Å². The van der Waals surface area contributed by atoms with Gasteiger partial charge in [-0.1, -0.05) is 11.6 Å². The van der Waals surface area contributed by atoms with Gasteiger partial charge in [-0.05, 0) is 13.0 Å². The van der Waals surface area contributed by atoms with E-state index in [9.17, 15) is 9.90 Å². The Morgan fingerprint density at radius 1 is 1.73 bits per heavy atom. The summed E-state index contributed by atoms with van der Waals surface area (Å²) in [5, 5.41) is 10.0. The van der Waals surface area contributed by atoms with Gasteiger partial charge in [0.05, 0.1) is 24.2 Å². The van der Waals surface area contributed by atoms with Crippen molar-refractivity contribution in [2.75, 3.05) is 6.61 Å². The number of rotatable bonds is 4. The molecule has 1 aromatic heterocycles. The molecule has 1 atom stereocenters. The summed E-state index contributed by atoms with van der Waals surface area (Å²) in [5.74, 6) is -0.446. The molecular formula is C10H12ClNO3. The molecule has 0 aliphatic rings. The Bertz CT molecular complexity index is 343. The van der Waals surface area contributed by atoms with E-state index in [0.29, 0.717) is 17.2 Å². The lowest BCUT2D eigenvalue weighted by atomic mass is 10.1. The first-order valence-corrected chi connectivity index (χ1v) is 4.96. The van der Waals surface area contributed by atoms with Crippen LogP contribution in [0.5, 0.6) is 0 Å². The number of carbonyl (C=O) groups is 1. The summed E-state index contributed by atoms with van der Waals surface area (Å²) in [6, 6.07) is 1.58. The van der Waals surface area contributed by atoms with Crippen molar-refractivity contribution in [3.8, 4) is 0 Å². The Morgan fingerprint density at radius 2 is 2.47 bits per heavy atom. The fourth-order valence-corrected chi connectivity index (χ4v) is 1.39. The van der Waals surface area contributed by atoms with Gasteiger partial charge in [-0.3, -0.25) is 9.78 Å². The van der Waals surface area contributed by atoms with Gasteiger partial charge in [0, 0.05) is 18.0 Å². The maximum atomic E-state index is 11.1. The topological polar surface area (TPSA) is 59.4 Å². The van der Waals surface area contributed by atoms with Gasteiger partial charge in [-0.25, -0.2) is 0 Å². The third-order valence-electron chi connectivity index (χ3n) is 1.83. The molecule has 1 rings (SSSR count). The number of hydrogen-bond donors (Lipinski definition) is 1.